The Morgan fingerprint density at radius 2 is 1.79 bits per heavy atom. The lowest BCUT2D eigenvalue weighted by Crippen LogP contribution is -2.32. The standard InChI is InChI=1S/C9H11NO3S/c1-7(14(10,12)13)9(11)8-5-3-2-4-6-8/h2-7H,1H3,(H2,10,12,13). The molecule has 1 rings (SSSR count). The third-order valence-electron chi connectivity index (χ3n) is 1.92. The van der Waals surface area contributed by atoms with Gasteiger partial charge in [-0.15, -0.1) is 0 Å². The van der Waals surface area contributed by atoms with Gasteiger partial charge in [-0.3, -0.25) is 4.79 Å². The number of hydrogen-bond acceptors (Lipinski definition) is 3. The first kappa shape index (κ1) is 10.9. The molecule has 1 atom stereocenters. The molecule has 1 aromatic carbocycles. The van der Waals surface area contributed by atoms with Crippen molar-refractivity contribution in [3.63, 3.8) is 0 Å². The molecule has 76 valence electrons. The smallest absolute Gasteiger partial charge is 0.219 e. The molecule has 0 saturated heterocycles. The molecule has 2 N–H and O–H groups in total. The molecule has 0 aliphatic carbocycles. The first-order valence-corrected chi connectivity index (χ1v) is 5.65. The third-order valence-corrected chi connectivity index (χ3v) is 3.12. The van der Waals surface area contributed by atoms with Crippen LogP contribution < -0.4 is 5.14 Å². The Labute approximate surface area is 82.8 Å². The van der Waals surface area contributed by atoms with Crippen molar-refractivity contribution >= 4 is 15.8 Å². The predicted octanol–water partition coefficient (Wildman–Crippen LogP) is 0.546. The Morgan fingerprint density at radius 1 is 1.29 bits per heavy atom. The minimum absolute atomic E-state index is 0.356. The van der Waals surface area contributed by atoms with Crippen molar-refractivity contribution in [3.8, 4) is 0 Å². The zero-order chi connectivity index (χ0) is 10.8. The van der Waals surface area contributed by atoms with Crippen molar-refractivity contribution in [2.45, 2.75) is 12.2 Å². The SMILES string of the molecule is CC(C(=O)c1ccccc1)S(N)(=O)=O. The molecule has 0 spiro atoms. The van der Waals surface area contributed by atoms with Gasteiger partial charge in [0.15, 0.2) is 5.78 Å². The molecule has 0 fully saturated rings. The van der Waals surface area contributed by atoms with Crippen LogP contribution >= 0.6 is 0 Å². The Kier molecular flexibility index (Phi) is 3.03. The molecule has 5 heteroatoms. The summed E-state index contributed by atoms with van der Waals surface area (Å²) < 4.78 is 21.8. The van der Waals surface area contributed by atoms with Crippen molar-refractivity contribution in [1.82, 2.24) is 0 Å². The number of sulfonamides is 1. The number of Topliss-reactive ketones (excluding diaryl/α,β-unsaturated/α-hetero) is 1. The van der Waals surface area contributed by atoms with Gasteiger partial charge in [0.25, 0.3) is 0 Å². The van der Waals surface area contributed by atoms with Crippen molar-refractivity contribution in [2.75, 3.05) is 0 Å². The molecule has 0 aliphatic rings. The summed E-state index contributed by atoms with van der Waals surface area (Å²) in [5, 5.41) is 3.68. The molecule has 0 aromatic heterocycles. The maximum atomic E-state index is 11.5. The van der Waals surface area contributed by atoms with Crippen LogP contribution in [0.4, 0.5) is 0 Å². The molecule has 0 amide bonds. The highest BCUT2D eigenvalue weighted by molar-refractivity contribution is 7.90. The molecule has 0 bridgehead atoms. The van der Waals surface area contributed by atoms with Crippen LogP contribution in [0.5, 0.6) is 0 Å². The maximum Gasteiger partial charge on any atom is 0.219 e. The molecule has 14 heavy (non-hydrogen) atoms. The first-order chi connectivity index (χ1) is 6.43. The Balaban J connectivity index is 2.99. The summed E-state index contributed by atoms with van der Waals surface area (Å²) in [5.41, 5.74) is 0.356. The second-order valence-electron chi connectivity index (χ2n) is 2.96. The molecule has 4 nitrogen and oxygen atoms in total. The average molecular weight is 213 g/mol. The van der Waals surface area contributed by atoms with Gasteiger partial charge in [-0.2, -0.15) is 0 Å². The molecule has 0 aliphatic heterocycles. The van der Waals surface area contributed by atoms with E-state index in [0.29, 0.717) is 5.56 Å². The van der Waals surface area contributed by atoms with Crippen LogP contribution in [-0.2, 0) is 10.0 Å². The number of carbonyl (C=O) groups is 1. The minimum atomic E-state index is -3.80. The second kappa shape index (κ2) is 3.89. The van der Waals surface area contributed by atoms with E-state index in [2.05, 4.69) is 0 Å². The fraction of sp³-hybridized carbons (Fsp3) is 0.222. The molecule has 1 unspecified atom stereocenters. The number of primary sulfonamides is 1. The molecule has 0 radical (unpaired) electrons. The molecular weight excluding hydrogens is 202 g/mol. The molecule has 1 aromatic rings. The number of rotatable bonds is 3. The van der Waals surface area contributed by atoms with Crippen LogP contribution in [0.1, 0.15) is 17.3 Å². The van der Waals surface area contributed by atoms with Crippen molar-refractivity contribution < 1.29 is 13.2 Å². The predicted molar refractivity (Wildman–Crippen MR) is 53.3 cm³/mol. The highest BCUT2D eigenvalue weighted by atomic mass is 32.2. The van der Waals surface area contributed by atoms with Gasteiger partial charge in [0, 0.05) is 5.56 Å². The number of nitrogens with two attached hydrogens (primary N) is 1. The van der Waals surface area contributed by atoms with Gasteiger partial charge in [0.2, 0.25) is 10.0 Å². The van der Waals surface area contributed by atoms with Crippen LogP contribution in [0, 0.1) is 0 Å². The zero-order valence-corrected chi connectivity index (χ0v) is 8.49. The van der Waals surface area contributed by atoms with Gasteiger partial charge in [-0.25, -0.2) is 13.6 Å². The fourth-order valence-corrected chi connectivity index (χ4v) is 1.42. The monoisotopic (exact) mass is 213 g/mol. The summed E-state index contributed by atoms with van der Waals surface area (Å²) in [5.74, 6) is -0.479. The molecule has 0 heterocycles. The highest BCUT2D eigenvalue weighted by Gasteiger charge is 2.24. The largest absolute Gasteiger partial charge is 0.293 e. The highest BCUT2D eigenvalue weighted by Crippen LogP contribution is 2.07. The first-order valence-electron chi connectivity index (χ1n) is 4.04. The van der Waals surface area contributed by atoms with Crippen LogP contribution in [0.3, 0.4) is 0 Å². The van der Waals surface area contributed by atoms with Gasteiger partial charge < -0.3 is 0 Å². The van der Waals surface area contributed by atoms with Gasteiger partial charge in [-0.05, 0) is 6.92 Å². The van der Waals surface area contributed by atoms with E-state index < -0.39 is 21.1 Å². The van der Waals surface area contributed by atoms with E-state index in [-0.39, 0.29) is 0 Å². The van der Waals surface area contributed by atoms with E-state index in [0.717, 1.165) is 0 Å². The van der Waals surface area contributed by atoms with Crippen LogP contribution in [0.2, 0.25) is 0 Å². The quantitative estimate of drug-likeness (QED) is 0.745. The van der Waals surface area contributed by atoms with E-state index in [9.17, 15) is 13.2 Å². The van der Waals surface area contributed by atoms with E-state index in [1.807, 2.05) is 0 Å². The lowest BCUT2D eigenvalue weighted by molar-refractivity contribution is 0.0991. The Bertz CT molecular complexity index is 425. The number of benzene rings is 1. The third kappa shape index (κ3) is 2.40. The van der Waals surface area contributed by atoms with Crippen molar-refractivity contribution in [2.24, 2.45) is 5.14 Å². The minimum Gasteiger partial charge on any atom is -0.293 e. The fourth-order valence-electron chi connectivity index (χ4n) is 0.986. The number of hydrogen-bond donors (Lipinski definition) is 1. The number of ketones is 1. The average Bonchev–Trinajstić information content (AvgIpc) is 2.15. The van der Waals surface area contributed by atoms with Gasteiger partial charge in [0.05, 0.1) is 0 Å². The Hall–Kier alpha value is -1.20. The molecule has 0 saturated carbocycles. The summed E-state index contributed by atoms with van der Waals surface area (Å²) in [4.78, 5) is 11.5. The summed E-state index contributed by atoms with van der Waals surface area (Å²) in [7, 11) is -3.80. The summed E-state index contributed by atoms with van der Waals surface area (Å²) in [6.07, 6.45) is 0. The number of carbonyl (C=O) groups excluding carboxylic acids is 1. The van der Waals surface area contributed by atoms with E-state index in [1.165, 1.54) is 6.92 Å². The van der Waals surface area contributed by atoms with Crippen LogP contribution in [0.15, 0.2) is 30.3 Å². The normalized spacial score (nSPS) is 13.6. The van der Waals surface area contributed by atoms with Crippen LogP contribution in [-0.4, -0.2) is 19.5 Å². The lowest BCUT2D eigenvalue weighted by atomic mass is 10.1. The van der Waals surface area contributed by atoms with Crippen molar-refractivity contribution in [3.05, 3.63) is 35.9 Å². The zero-order valence-electron chi connectivity index (χ0n) is 7.67. The van der Waals surface area contributed by atoms with Crippen LogP contribution in [0.25, 0.3) is 0 Å². The topological polar surface area (TPSA) is 77.2 Å². The molecular formula is C9H11NO3S. The summed E-state index contributed by atoms with van der Waals surface area (Å²) in [6, 6.07) is 8.21. The van der Waals surface area contributed by atoms with Gasteiger partial charge in [0.1, 0.15) is 5.25 Å². The van der Waals surface area contributed by atoms with E-state index in [4.69, 9.17) is 5.14 Å². The Morgan fingerprint density at radius 3 is 2.21 bits per heavy atom. The van der Waals surface area contributed by atoms with E-state index >= 15 is 0 Å². The van der Waals surface area contributed by atoms with Gasteiger partial charge in [-0.1, -0.05) is 30.3 Å². The van der Waals surface area contributed by atoms with Crippen molar-refractivity contribution in [1.29, 1.82) is 0 Å². The lowest BCUT2D eigenvalue weighted by Gasteiger charge is -2.07. The summed E-state index contributed by atoms with van der Waals surface area (Å²) in [6.45, 7) is 1.28. The summed E-state index contributed by atoms with van der Waals surface area (Å²) >= 11 is 0. The maximum absolute atomic E-state index is 11.5. The van der Waals surface area contributed by atoms with E-state index in [1.54, 1.807) is 30.3 Å². The second-order valence-corrected chi connectivity index (χ2v) is 4.85. The van der Waals surface area contributed by atoms with Gasteiger partial charge >= 0.3 is 0 Å².